The van der Waals surface area contributed by atoms with Gasteiger partial charge in [0, 0.05) is 19.4 Å². The van der Waals surface area contributed by atoms with Gasteiger partial charge >= 0.3 is 6.09 Å². The predicted octanol–water partition coefficient (Wildman–Crippen LogP) is 1.65. The molecular formula is C9H17NO3. The number of ketones is 1. The van der Waals surface area contributed by atoms with Gasteiger partial charge in [0.25, 0.3) is 0 Å². The van der Waals surface area contributed by atoms with Crippen molar-refractivity contribution in [1.82, 2.24) is 5.32 Å². The minimum absolute atomic E-state index is 0.210. The lowest BCUT2D eigenvalue weighted by atomic mass is 10.0. The average molecular weight is 187 g/mol. The number of amides is 1. The van der Waals surface area contributed by atoms with Gasteiger partial charge in [-0.15, -0.1) is 0 Å². The molecule has 0 aliphatic carbocycles. The molecular weight excluding hydrogens is 170 g/mol. The van der Waals surface area contributed by atoms with Crippen molar-refractivity contribution in [2.45, 2.75) is 33.1 Å². The molecule has 0 fully saturated rings. The van der Waals surface area contributed by atoms with Gasteiger partial charge in [-0.25, -0.2) is 4.79 Å². The van der Waals surface area contributed by atoms with Crippen LogP contribution in [0.25, 0.3) is 0 Å². The van der Waals surface area contributed by atoms with Crippen LogP contribution in [-0.2, 0) is 4.79 Å². The van der Waals surface area contributed by atoms with Crippen LogP contribution < -0.4 is 5.32 Å². The van der Waals surface area contributed by atoms with Crippen LogP contribution in [0.1, 0.15) is 33.1 Å². The molecule has 13 heavy (non-hydrogen) atoms. The topological polar surface area (TPSA) is 66.4 Å². The van der Waals surface area contributed by atoms with Gasteiger partial charge in [-0.1, -0.05) is 13.8 Å². The Kier molecular flexibility index (Phi) is 5.93. The fourth-order valence-electron chi connectivity index (χ4n) is 1.04. The van der Waals surface area contributed by atoms with Crippen molar-refractivity contribution < 1.29 is 14.7 Å². The van der Waals surface area contributed by atoms with E-state index < -0.39 is 6.09 Å². The van der Waals surface area contributed by atoms with Crippen LogP contribution >= 0.6 is 0 Å². The highest BCUT2D eigenvalue weighted by Gasteiger charge is 2.04. The number of hydrogen-bond acceptors (Lipinski definition) is 2. The molecule has 0 aromatic heterocycles. The summed E-state index contributed by atoms with van der Waals surface area (Å²) in [5.74, 6) is 0.599. The van der Waals surface area contributed by atoms with E-state index in [1.807, 2.05) is 13.8 Å². The van der Waals surface area contributed by atoms with Crippen LogP contribution in [0.15, 0.2) is 0 Å². The van der Waals surface area contributed by atoms with Crippen molar-refractivity contribution in [3.05, 3.63) is 0 Å². The number of hydrogen-bond donors (Lipinski definition) is 2. The Morgan fingerprint density at radius 3 is 2.46 bits per heavy atom. The Labute approximate surface area is 78.3 Å². The number of carbonyl (C=O) groups is 2. The van der Waals surface area contributed by atoms with Crippen molar-refractivity contribution in [3.63, 3.8) is 0 Å². The van der Waals surface area contributed by atoms with Crippen LogP contribution in [0.3, 0.4) is 0 Å². The highest BCUT2D eigenvalue weighted by molar-refractivity contribution is 5.78. The Hall–Kier alpha value is -1.06. The van der Waals surface area contributed by atoms with E-state index >= 15 is 0 Å². The summed E-state index contributed by atoms with van der Waals surface area (Å²) in [6.45, 7) is 4.35. The van der Waals surface area contributed by atoms with Crippen molar-refractivity contribution in [1.29, 1.82) is 0 Å². The molecule has 0 aliphatic heterocycles. The van der Waals surface area contributed by atoms with Crippen LogP contribution in [0.4, 0.5) is 4.79 Å². The lowest BCUT2D eigenvalue weighted by Crippen LogP contribution is -2.22. The SMILES string of the molecule is CC(C)CC(=O)CCCNC(=O)O. The molecule has 0 radical (unpaired) electrons. The summed E-state index contributed by atoms with van der Waals surface area (Å²) in [5.41, 5.74) is 0. The third-order valence-corrected chi connectivity index (χ3v) is 1.54. The Morgan fingerprint density at radius 2 is 2.00 bits per heavy atom. The highest BCUT2D eigenvalue weighted by atomic mass is 16.4. The zero-order valence-electron chi connectivity index (χ0n) is 8.17. The minimum Gasteiger partial charge on any atom is -0.465 e. The van der Waals surface area contributed by atoms with E-state index in [0.29, 0.717) is 31.7 Å². The predicted molar refractivity (Wildman–Crippen MR) is 49.7 cm³/mol. The molecule has 0 aromatic carbocycles. The first-order chi connectivity index (χ1) is 6.02. The molecule has 0 rings (SSSR count). The molecule has 0 bridgehead atoms. The fraction of sp³-hybridized carbons (Fsp3) is 0.778. The maximum Gasteiger partial charge on any atom is 0.404 e. The maximum atomic E-state index is 11.1. The standard InChI is InChI=1S/C9H17NO3/c1-7(2)6-8(11)4-3-5-10-9(12)13/h7,10H,3-6H2,1-2H3,(H,12,13). The molecule has 1 amide bonds. The van der Waals surface area contributed by atoms with Gasteiger partial charge in [-0.05, 0) is 12.3 Å². The molecule has 0 aromatic rings. The van der Waals surface area contributed by atoms with Gasteiger partial charge in [0.1, 0.15) is 5.78 Å². The maximum absolute atomic E-state index is 11.1. The quantitative estimate of drug-likeness (QED) is 0.621. The second-order valence-corrected chi connectivity index (χ2v) is 3.47. The van der Waals surface area contributed by atoms with Crippen LogP contribution in [-0.4, -0.2) is 23.5 Å². The van der Waals surface area contributed by atoms with Gasteiger partial charge in [-0.2, -0.15) is 0 Å². The monoisotopic (exact) mass is 187 g/mol. The summed E-state index contributed by atoms with van der Waals surface area (Å²) < 4.78 is 0. The summed E-state index contributed by atoms with van der Waals surface area (Å²) in [5, 5.41) is 10.4. The van der Waals surface area contributed by atoms with Crippen molar-refractivity contribution >= 4 is 11.9 Å². The molecule has 0 saturated heterocycles. The summed E-state index contributed by atoms with van der Waals surface area (Å²) in [6.07, 6.45) is 0.625. The van der Waals surface area contributed by atoms with Crippen LogP contribution in [0.2, 0.25) is 0 Å². The average Bonchev–Trinajstić information content (AvgIpc) is 1.96. The van der Waals surface area contributed by atoms with E-state index in [1.165, 1.54) is 0 Å². The molecule has 0 unspecified atom stereocenters. The van der Waals surface area contributed by atoms with Crippen LogP contribution in [0, 0.1) is 5.92 Å². The first kappa shape index (κ1) is 11.9. The van der Waals surface area contributed by atoms with E-state index in [9.17, 15) is 9.59 Å². The van der Waals surface area contributed by atoms with E-state index in [1.54, 1.807) is 0 Å². The largest absolute Gasteiger partial charge is 0.465 e. The molecule has 0 atom stereocenters. The van der Waals surface area contributed by atoms with E-state index in [4.69, 9.17) is 5.11 Å². The van der Waals surface area contributed by atoms with Gasteiger partial charge in [0.05, 0.1) is 0 Å². The molecule has 2 N–H and O–H groups in total. The van der Waals surface area contributed by atoms with Gasteiger partial charge in [-0.3, -0.25) is 4.79 Å². The van der Waals surface area contributed by atoms with E-state index in [0.717, 1.165) is 0 Å². The summed E-state index contributed by atoms with van der Waals surface area (Å²) in [4.78, 5) is 21.1. The van der Waals surface area contributed by atoms with E-state index in [-0.39, 0.29) is 5.78 Å². The summed E-state index contributed by atoms with van der Waals surface area (Å²) >= 11 is 0. The summed E-state index contributed by atoms with van der Waals surface area (Å²) in [6, 6.07) is 0. The lowest BCUT2D eigenvalue weighted by molar-refractivity contribution is -0.119. The smallest absolute Gasteiger partial charge is 0.404 e. The Morgan fingerprint density at radius 1 is 1.38 bits per heavy atom. The number of carboxylic acid groups (broad SMARTS) is 1. The fourth-order valence-corrected chi connectivity index (χ4v) is 1.04. The third kappa shape index (κ3) is 8.85. The molecule has 4 heteroatoms. The zero-order valence-corrected chi connectivity index (χ0v) is 8.17. The molecule has 0 heterocycles. The van der Waals surface area contributed by atoms with Crippen molar-refractivity contribution in [2.75, 3.05) is 6.54 Å². The molecule has 4 nitrogen and oxygen atoms in total. The second-order valence-electron chi connectivity index (χ2n) is 3.47. The first-order valence-corrected chi connectivity index (χ1v) is 4.51. The zero-order chi connectivity index (χ0) is 10.3. The molecule has 0 saturated carbocycles. The second kappa shape index (κ2) is 6.46. The van der Waals surface area contributed by atoms with Gasteiger partial charge in [0.15, 0.2) is 0 Å². The van der Waals surface area contributed by atoms with Crippen LogP contribution in [0.5, 0.6) is 0 Å². The third-order valence-electron chi connectivity index (χ3n) is 1.54. The molecule has 0 aliphatic rings. The van der Waals surface area contributed by atoms with E-state index in [2.05, 4.69) is 5.32 Å². The van der Waals surface area contributed by atoms with Crippen molar-refractivity contribution in [2.24, 2.45) is 5.92 Å². The Balaban J connectivity index is 3.32. The van der Waals surface area contributed by atoms with Gasteiger partial charge < -0.3 is 10.4 Å². The summed E-state index contributed by atoms with van der Waals surface area (Å²) in [7, 11) is 0. The first-order valence-electron chi connectivity index (χ1n) is 4.51. The normalized spacial score (nSPS) is 10.1. The number of carbonyl (C=O) groups excluding carboxylic acids is 1. The molecule has 0 spiro atoms. The Bertz CT molecular complexity index is 178. The number of nitrogens with one attached hydrogen (secondary N) is 1. The highest BCUT2D eigenvalue weighted by Crippen LogP contribution is 2.03. The lowest BCUT2D eigenvalue weighted by Gasteiger charge is -2.03. The number of Topliss-reactive ketones (excluding diaryl/α,β-unsaturated/α-hetero) is 1. The van der Waals surface area contributed by atoms with Gasteiger partial charge in [0.2, 0.25) is 0 Å². The minimum atomic E-state index is -1.03. The number of rotatable bonds is 6. The molecule has 76 valence electrons. The van der Waals surface area contributed by atoms with Crippen molar-refractivity contribution in [3.8, 4) is 0 Å².